The van der Waals surface area contributed by atoms with Crippen LogP contribution in [0, 0.1) is 11.3 Å². The molecule has 90 valence electrons. The quantitative estimate of drug-likeness (QED) is 0.858. The lowest BCUT2D eigenvalue weighted by Gasteiger charge is -2.08. The van der Waals surface area contributed by atoms with Gasteiger partial charge in [0.1, 0.15) is 11.8 Å². The summed E-state index contributed by atoms with van der Waals surface area (Å²) >= 11 is 3.32. The summed E-state index contributed by atoms with van der Waals surface area (Å²) in [5, 5.41) is 8.98. The Balaban J connectivity index is 2.33. The average molecular weight is 303 g/mol. The Labute approximate surface area is 114 Å². The summed E-state index contributed by atoms with van der Waals surface area (Å²) in [6.45, 7) is 2.08. The van der Waals surface area contributed by atoms with E-state index in [4.69, 9.17) is 10.00 Å². The molecule has 0 radical (unpaired) electrons. The molecule has 1 heterocycles. The van der Waals surface area contributed by atoms with Crippen molar-refractivity contribution in [1.82, 2.24) is 4.98 Å². The van der Waals surface area contributed by atoms with E-state index in [1.165, 1.54) is 5.56 Å². The maximum atomic E-state index is 8.98. The lowest BCUT2D eigenvalue weighted by Crippen LogP contribution is -1.92. The van der Waals surface area contributed by atoms with Crippen LogP contribution in [0.1, 0.15) is 18.2 Å². The number of aromatic nitrogens is 1. The van der Waals surface area contributed by atoms with Gasteiger partial charge in [-0.25, -0.2) is 4.98 Å². The molecule has 0 N–H and O–H groups in total. The Morgan fingerprint density at radius 1 is 1.39 bits per heavy atom. The molecule has 0 bridgehead atoms. The average Bonchev–Trinajstić information content (AvgIpc) is 2.39. The van der Waals surface area contributed by atoms with Gasteiger partial charge < -0.3 is 4.74 Å². The Bertz CT molecular complexity index is 605. The van der Waals surface area contributed by atoms with E-state index in [0.29, 0.717) is 11.5 Å². The lowest BCUT2D eigenvalue weighted by atomic mass is 10.2. The van der Waals surface area contributed by atoms with Crippen LogP contribution in [0.3, 0.4) is 0 Å². The normalized spacial score (nSPS) is 9.83. The third-order valence-corrected chi connectivity index (χ3v) is 2.89. The summed E-state index contributed by atoms with van der Waals surface area (Å²) in [6, 6.07) is 11.6. The summed E-state index contributed by atoms with van der Waals surface area (Å²) in [6.07, 6.45) is 2.52. The summed E-state index contributed by atoms with van der Waals surface area (Å²) in [5.74, 6) is 1.17. The molecule has 2 rings (SSSR count). The second-order valence-corrected chi connectivity index (χ2v) is 4.63. The molecule has 0 spiro atoms. The van der Waals surface area contributed by atoms with Gasteiger partial charge in [-0.05, 0) is 46.1 Å². The minimum absolute atomic E-state index is 0.278. The third-order valence-electron chi connectivity index (χ3n) is 2.46. The van der Waals surface area contributed by atoms with Crippen molar-refractivity contribution in [2.45, 2.75) is 13.3 Å². The van der Waals surface area contributed by atoms with Gasteiger partial charge in [0.15, 0.2) is 11.4 Å². The molecule has 3 nitrogen and oxygen atoms in total. The first-order valence-corrected chi connectivity index (χ1v) is 6.34. The zero-order valence-electron chi connectivity index (χ0n) is 9.85. The van der Waals surface area contributed by atoms with Crippen molar-refractivity contribution in [3.8, 4) is 17.6 Å². The fourth-order valence-corrected chi connectivity index (χ4v) is 1.85. The Kier molecular flexibility index (Phi) is 3.96. The highest BCUT2D eigenvalue weighted by Gasteiger charge is 2.07. The molecule has 0 atom stereocenters. The van der Waals surface area contributed by atoms with Crippen LogP contribution in [0.15, 0.2) is 41.0 Å². The van der Waals surface area contributed by atoms with Crippen LogP contribution < -0.4 is 4.74 Å². The molecule has 4 heteroatoms. The maximum Gasteiger partial charge on any atom is 0.183 e. The van der Waals surface area contributed by atoms with E-state index in [9.17, 15) is 0 Å². The minimum Gasteiger partial charge on any atom is -0.454 e. The number of ether oxygens (including phenoxy) is 1. The van der Waals surface area contributed by atoms with Crippen LogP contribution in [0.5, 0.6) is 11.5 Å². The molecule has 0 aliphatic heterocycles. The number of rotatable bonds is 3. The molecular weight excluding hydrogens is 292 g/mol. The zero-order valence-corrected chi connectivity index (χ0v) is 11.4. The summed E-state index contributed by atoms with van der Waals surface area (Å²) in [7, 11) is 0. The topological polar surface area (TPSA) is 45.9 Å². The van der Waals surface area contributed by atoms with Gasteiger partial charge >= 0.3 is 0 Å². The second-order valence-electron chi connectivity index (χ2n) is 3.72. The van der Waals surface area contributed by atoms with Crippen LogP contribution in [0.25, 0.3) is 0 Å². The van der Waals surface area contributed by atoms with E-state index in [1.807, 2.05) is 30.3 Å². The van der Waals surface area contributed by atoms with Gasteiger partial charge in [-0.2, -0.15) is 5.26 Å². The number of halogens is 1. The fourth-order valence-electron chi connectivity index (χ4n) is 1.54. The number of nitriles is 1. The third kappa shape index (κ3) is 2.88. The number of nitrogens with zero attached hydrogens (tertiary/aromatic N) is 2. The molecule has 18 heavy (non-hydrogen) atoms. The first-order chi connectivity index (χ1) is 8.72. The molecule has 2 aromatic rings. The van der Waals surface area contributed by atoms with Crippen LogP contribution in [0.4, 0.5) is 0 Å². The van der Waals surface area contributed by atoms with E-state index in [2.05, 4.69) is 27.8 Å². The molecule has 0 amide bonds. The van der Waals surface area contributed by atoms with Gasteiger partial charge in [0.05, 0.1) is 0 Å². The maximum absolute atomic E-state index is 8.98. The number of benzene rings is 1. The van der Waals surface area contributed by atoms with Crippen molar-refractivity contribution in [1.29, 1.82) is 5.26 Å². The molecule has 0 aliphatic carbocycles. The van der Waals surface area contributed by atoms with E-state index in [0.717, 1.165) is 10.9 Å². The first kappa shape index (κ1) is 12.6. The monoisotopic (exact) mass is 302 g/mol. The predicted octanol–water partition coefficient (Wildman–Crippen LogP) is 4.07. The van der Waals surface area contributed by atoms with Gasteiger partial charge in [0.25, 0.3) is 0 Å². The molecule has 0 unspecified atom stereocenters. The van der Waals surface area contributed by atoms with Crippen LogP contribution in [-0.4, -0.2) is 4.98 Å². The molecule has 0 saturated heterocycles. The van der Waals surface area contributed by atoms with Crippen LogP contribution >= 0.6 is 15.9 Å². The Morgan fingerprint density at radius 3 is 2.94 bits per heavy atom. The molecule has 0 saturated carbocycles. The van der Waals surface area contributed by atoms with Crippen molar-refractivity contribution in [2.24, 2.45) is 0 Å². The second kappa shape index (κ2) is 5.65. The summed E-state index contributed by atoms with van der Waals surface area (Å²) in [4.78, 5) is 4.00. The predicted molar refractivity (Wildman–Crippen MR) is 72.5 cm³/mol. The largest absolute Gasteiger partial charge is 0.454 e. The van der Waals surface area contributed by atoms with E-state index >= 15 is 0 Å². The molecular formula is C14H11BrN2O. The van der Waals surface area contributed by atoms with Gasteiger partial charge in [0.2, 0.25) is 0 Å². The summed E-state index contributed by atoms with van der Waals surface area (Å²) < 4.78 is 6.49. The number of pyridine rings is 1. The highest BCUT2D eigenvalue weighted by molar-refractivity contribution is 9.10. The van der Waals surface area contributed by atoms with Gasteiger partial charge in [-0.3, -0.25) is 0 Å². The molecule has 1 aromatic carbocycles. The SMILES string of the molecule is CCc1cccc(Oc2cc(Br)cnc2C#N)c1. The Hall–Kier alpha value is -1.86. The highest BCUT2D eigenvalue weighted by atomic mass is 79.9. The number of hydrogen-bond donors (Lipinski definition) is 0. The first-order valence-electron chi connectivity index (χ1n) is 5.55. The van der Waals surface area contributed by atoms with Crippen LogP contribution in [0.2, 0.25) is 0 Å². The van der Waals surface area contributed by atoms with E-state index in [1.54, 1.807) is 12.3 Å². The van der Waals surface area contributed by atoms with Gasteiger partial charge in [0, 0.05) is 10.7 Å². The molecule has 0 aliphatic rings. The van der Waals surface area contributed by atoms with Crippen molar-refractivity contribution in [3.05, 3.63) is 52.3 Å². The van der Waals surface area contributed by atoms with Crippen LogP contribution in [-0.2, 0) is 6.42 Å². The standard InChI is InChI=1S/C14H11BrN2O/c1-2-10-4-3-5-12(6-10)18-14-7-11(15)9-17-13(14)8-16/h3-7,9H,2H2,1H3. The lowest BCUT2D eigenvalue weighted by molar-refractivity contribution is 0.477. The van der Waals surface area contributed by atoms with Gasteiger partial charge in [-0.15, -0.1) is 0 Å². The molecule has 1 aromatic heterocycles. The van der Waals surface area contributed by atoms with Crippen molar-refractivity contribution in [2.75, 3.05) is 0 Å². The smallest absolute Gasteiger partial charge is 0.183 e. The van der Waals surface area contributed by atoms with Gasteiger partial charge in [-0.1, -0.05) is 19.1 Å². The molecule has 0 fully saturated rings. The van der Waals surface area contributed by atoms with Crippen molar-refractivity contribution < 1.29 is 4.74 Å². The van der Waals surface area contributed by atoms with Crippen molar-refractivity contribution >= 4 is 15.9 Å². The Morgan fingerprint density at radius 2 is 2.22 bits per heavy atom. The highest BCUT2D eigenvalue weighted by Crippen LogP contribution is 2.27. The minimum atomic E-state index is 0.278. The summed E-state index contributed by atoms with van der Waals surface area (Å²) in [5.41, 5.74) is 1.47. The number of hydrogen-bond acceptors (Lipinski definition) is 3. The zero-order chi connectivity index (χ0) is 13.0. The van der Waals surface area contributed by atoms with Crippen molar-refractivity contribution in [3.63, 3.8) is 0 Å². The number of aryl methyl sites for hydroxylation is 1. The van der Waals surface area contributed by atoms with E-state index < -0.39 is 0 Å². The van der Waals surface area contributed by atoms with E-state index in [-0.39, 0.29) is 5.69 Å². The fraction of sp³-hybridized carbons (Fsp3) is 0.143.